The van der Waals surface area contributed by atoms with Crippen LogP contribution in [0.5, 0.6) is 0 Å². The third-order valence-corrected chi connectivity index (χ3v) is 2.88. The van der Waals surface area contributed by atoms with Gasteiger partial charge in [0, 0.05) is 6.04 Å². The van der Waals surface area contributed by atoms with Crippen molar-refractivity contribution in [3.05, 3.63) is 0 Å². The Morgan fingerprint density at radius 3 is 2.46 bits per heavy atom. The van der Waals surface area contributed by atoms with E-state index in [1.165, 1.54) is 0 Å². The average Bonchev–Trinajstić information content (AvgIpc) is 2.02. The molecule has 76 valence electrons. The molecule has 0 aliphatic carbocycles. The van der Waals surface area contributed by atoms with Crippen LogP contribution in [0.3, 0.4) is 0 Å². The van der Waals surface area contributed by atoms with E-state index in [0.29, 0.717) is 10.5 Å². The van der Waals surface area contributed by atoms with Gasteiger partial charge in [0.05, 0.1) is 16.6 Å². The monoisotopic (exact) mass is 297 g/mol. The maximum absolute atomic E-state index is 11.1. The molecule has 1 rings (SSSR count). The number of rotatable bonds is 2. The van der Waals surface area contributed by atoms with Crippen molar-refractivity contribution >= 4 is 28.5 Å². The van der Waals surface area contributed by atoms with E-state index >= 15 is 0 Å². The van der Waals surface area contributed by atoms with Gasteiger partial charge in [-0.2, -0.15) is 0 Å². The third-order valence-electron chi connectivity index (χ3n) is 2.18. The van der Waals surface area contributed by atoms with Gasteiger partial charge in [-0.3, -0.25) is 4.79 Å². The predicted molar refractivity (Wildman–Crippen MR) is 60.1 cm³/mol. The van der Waals surface area contributed by atoms with Crippen LogP contribution in [0.15, 0.2) is 0 Å². The van der Waals surface area contributed by atoms with E-state index < -0.39 is 0 Å². The number of carbonyl (C=O) groups is 1. The second kappa shape index (κ2) is 5.14. The van der Waals surface area contributed by atoms with E-state index in [-0.39, 0.29) is 18.1 Å². The number of halogens is 1. The van der Waals surface area contributed by atoms with Crippen LogP contribution < -0.4 is 5.32 Å². The lowest BCUT2D eigenvalue weighted by Crippen LogP contribution is -2.44. The lowest BCUT2D eigenvalue weighted by molar-refractivity contribution is -0.120. The molecule has 1 saturated heterocycles. The molecule has 1 N–H and O–H groups in total. The molecule has 0 bridgehead atoms. The SMILES string of the molecule is CC1CC(NC(=O)CI)CC(C)O1. The Hall–Kier alpha value is 0.160. The fraction of sp³-hybridized carbons (Fsp3) is 0.889. The van der Waals surface area contributed by atoms with Crippen LogP contribution in [0.25, 0.3) is 0 Å². The fourth-order valence-corrected chi connectivity index (χ4v) is 2.01. The molecule has 1 amide bonds. The van der Waals surface area contributed by atoms with Crippen molar-refractivity contribution in [3.8, 4) is 0 Å². The van der Waals surface area contributed by atoms with Crippen molar-refractivity contribution in [3.63, 3.8) is 0 Å². The minimum absolute atomic E-state index is 0.131. The number of hydrogen-bond donors (Lipinski definition) is 1. The summed E-state index contributed by atoms with van der Waals surface area (Å²) >= 11 is 2.08. The molecule has 1 heterocycles. The highest BCUT2D eigenvalue weighted by Gasteiger charge is 2.24. The molecule has 3 nitrogen and oxygen atoms in total. The van der Waals surface area contributed by atoms with Crippen LogP contribution in [0.4, 0.5) is 0 Å². The van der Waals surface area contributed by atoms with E-state index in [0.717, 1.165) is 12.8 Å². The maximum Gasteiger partial charge on any atom is 0.230 e. The molecule has 2 unspecified atom stereocenters. The summed E-state index contributed by atoms with van der Waals surface area (Å²) in [5.74, 6) is 0.131. The molecule has 2 atom stereocenters. The molecule has 13 heavy (non-hydrogen) atoms. The van der Waals surface area contributed by atoms with E-state index in [4.69, 9.17) is 4.74 Å². The molecule has 4 heteroatoms. The van der Waals surface area contributed by atoms with Crippen molar-refractivity contribution in [2.45, 2.75) is 44.9 Å². The maximum atomic E-state index is 11.1. The summed E-state index contributed by atoms with van der Waals surface area (Å²) in [7, 11) is 0. The van der Waals surface area contributed by atoms with Crippen molar-refractivity contribution in [1.82, 2.24) is 5.32 Å². The number of ether oxygens (including phenoxy) is 1. The van der Waals surface area contributed by atoms with Crippen LogP contribution in [0.2, 0.25) is 0 Å². The van der Waals surface area contributed by atoms with Gasteiger partial charge in [-0.25, -0.2) is 0 Å². The molecular formula is C9H16INO2. The normalized spacial score (nSPS) is 34.2. The van der Waals surface area contributed by atoms with Crippen LogP contribution in [-0.2, 0) is 9.53 Å². The van der Waals surface area contributed by atoms with Gasteiger partial charge in [0.15, 0.2) is 0 Å². The standard InChI is InChI=1S/C9H16INO2/c1-6-3-8(4-7(2)13-6)11-9(12)5-10/h6-8H,3-5H2,1-2H3,(H,11,12). The van der Waals surface area contributed by atoms with Crippen LogP contribution in [0, 0.1) is 0 Å². The van der Waals surface area contributed by atoms with Crippen LogP contribution in [0.1, 0.15) is 26.7 Å². The molecular weight excluding hydrogens is 281 g/mol. The summed E-state index contributed by atoms with van der Waals surface area (Å²) in [5.41, 5.74) is 0. The van der Waals surface area contributed by atoms with Gasteiger partial charge in [0.25, 0.3) is 0 Å². The lowest BCUT2D eigenvalue weighted by atomic mass is 10.00. The summed E-state index contributed by atoms with van der Waals surface area (Å²) in [4.78, 5) is 11.1. The number of amides is 1. The molecule has 1 aliphatic heterocycles. The summed E-state index contributed by atoms with van der Waals surface area (Å²) in [6.45, 7) is 4.11. The quantitative estimate of drug-likeness (QED) is 0.619. The van der Waals surface area contributed by atoms with Gasteiger partial charge in [-0.05, 0) is 26.7 Å². The van der Waals surface area contributed by atoms with E-state index in [1.807, 2.05) is 0 Å². The third kappa shape index (κ3) is 3.81. The molecule has 0 aromatic rings. The summed E-state index contributed by atoms with van der Waals surface area (Å²) in [6, 6.07) is 0.306. The highest BCUT2D eigenvalue weighted by molar-refractivity contribution is 14.1. The van der Waals surface area contributed by atoms with Gasteiger partial charge in [-0.1, -0.05) is 22.6 Å². The van der Waals surface area contributed by atoms with Crippen LogP contribution in [-0.4, -0.2) is 28.6 Å². The highest BCUT2D eigenvalue weighted by atomic mass is 127. The zero-order valence-electron chi connectivity index (χ0n) is 8.05. The Bertz CT molecular complexity index is 176. The number of carbonyl (C=O) groups excluding carboxylic acids is 1. The van der Waals surface area contributed by atoms with Crippen molar-refractivity contribution in [2.75, 3.05) is 4.43 Å². The molecule has 1 aliphatic rings. The second-order valence-electron chi connectivity index (χ2n) is 3.63. The van der Waals surface area contributed by atoms with Crippen molar-refractivity contribution in [2.24, 2.45) is 0 Å². The molecule has 0 spiro atoms. The summed E-state index contributed by atoms with van der Waals surface area (Å²) in [5, 5.41) is 3.00. The zero-order chi connectivity index (χ0) is 9.84. The van der Waals surface area contributed by atoms with Gasteiger partial charge >= 0.3 is 0 Å². The Kier molecular flexibility index (Phi) is 4.45. The fourth-order valence-electron chi connectivity index (χ4n) is 1.79. The smallest absolute Gasteiger partial charge is 0.230 e. The number of nitrogens with one attached hydrogen (secondary N) is 1. The Morgan fingerprint density at radius 2 is 2.00 bits per heavy atom. The van der Waals surface area contributed by atoms with Gasteiger partial charge in [0.2, 0.25) is 5.91 Å². The Morgan fingerprint density at radius 1 is 1.46 bits per heavy atom. The first-order valence-electron chi connectivity index (χ1n) is 4.62. The lowest BCUT2D eigenvalue weighted by Gasteiger charge is -2.32. The molecule has 1 fully saturated rings. The van der Waals surface area contributed by atoms with E-state index in [2.05, 4.69) is 41.8 Å². The largest absolute Gasteiger partial charge is 0.375 e. The van der Waals surface area contributed by atoms with Crippen LogP contribution >= 0.6 is 22.6 Å². The highest BCUT2D eigenvalue weighted by Crippen LogP contribution is 2.18. The second-order valence-corrected chi connectivity index (χ2v) is 4.39. The molecule has 0 radical (unpaired) electrons. The van der Waals surface area contributed by atoms with Gasteiger partial charge < -0.3 is 10.1 Å². The Labute approximate surface area is 92.7 Å². The predicted octanol–water partition coefficient (Wildman–Crippen LogP) is 1.49. The average molecular weight is 297 g/mol. The topological polar surface area (TPSA) is 38.3 Å². The summed E-state index contributed by atoms with van der Waals surface area (Å²) in [6.07, 6.45) is 2.41. The van der Waals surface area contributed by atoms with Gasteiger partial charge in [-0.15, -0.1) is 0 Å². The van der Waals surface area contributed by atoms with Crippen molar-refractivity contribution < 1.29 is 9.53 Å². The minimum atomic E-state index is 0.131. The first-order chi connectivity index (χ1) is 6.11. The summed E-state index contributed by atoms with van der Waals surface area (Å²) < 4.78 is 6.12. The minimum Gasteiger partial charge on any atom is -0.375 e. The first-order valence-corrected chi connectivity index (χ1v) is 6.15. The Balaban J connectivity index is 2.37. The molecule has 0 saturated carbocycles. The molecule has 0 aromatic heterocycles. The number of alkyl halides is 1. The zero-order valence-corrected chi connectivity index (χ0v) is 10.2. The van der Waals surface area contributed by atoms with Gasteiger partial charge in [0.1, 0.15) is 0 Å². The molecule has 0 aromatic carbocycles. The van der Waals surface area contributed by atoms with E-state index in [9.17, 15) is 4.79 Å². The van der Waals surface area contributed by atoms with Crippen molar-refractivity contribution in [1.29, 1.82) is 0 Å². The number of hydrogen-bond acceptors (Lipinski definition) is 2. The first kappa shape index (κ1) is 11.2. The van der Waals surface area contributed by atoms with E-state index in [1.54, 1.807) is 0 Å².